The lowest BCUT2D eigenvalue weighted by Gasteiger charge is -2.21. The van der Waals surface area contributed by atoms with E-state index in [1.54, 1.807) is 12.1 Å². The number of hydrogen-bond acceptors (Lipinski definition) is 2. The smallest absolute Gasteiger partial charge is 0.124 e. The van der Waals surface area contributed by atoms with Crippen molar-refractivity contribution in [2.24, 2.45) is 0 Å². The molecule has 0 saturated heterocycles. The first-order valence-corrected chi connectivity index (χ1v) is 8.27. The molecular weight excluding hydrogens is 265 g/mol. The van der Waals surface area contributed by atoms with Crippen molar-refractivity contribution in [1.29, 1.82) is 0 Å². The zero-order valence-electron chi connectivity index (χ0n) is 13.9. The van der Waals surface area contributed by atoms with Crippen LogP contribution in [0.25, 0.3) is 0 Å². The number of halogens is 1. The van der Waals surface area contributed by atoms with Crippen LogP contribution in [0.5, 0.6) is 5.75 Å². The average molecular weight is 295 g/mol. The van der Waals surface area contributed by atoms with Gasteiger partial charge in [-0.15, -0.1) is 0 Å². The highest BCUT2D eigenvalue weighted by Crippen LogP contribution is 2.27. The van der Waals surface area contributed by atoms with Crippen LogP contribution in [-0.2, 0) is 0 Å². The summed E-state index contributed by atoms with van der Waals surface area (Å²) in [7, 11) is 0. The van der Waals surface area contributed by atoms with Crippen molar-refractivity contribution >= 4 is 0 Å². The molecule has 120 valence electrons. The Morgan fingerprint density at radius 2 is 1.90 bits per heavy atom. The van der Waals surface area contributed by atoms with Crippen molar-refractivity contribution in [3.8, 4) is 5.75 Å². The predicted molar refractivity (Wildman–Crippen MR) is 87.3 cm³/mol. The van der Waals surface area contributed by atoms with Gasteiger partial charge in [-0.25, -0.2) is 4.39 Å². The Kier molecular flexibility index (Phi) is 8.36. The molecule has 1 N–H and O–H groups in total. The van der Waals surface area contributed by atoms with Crippen LogP contribution in [0.3, 0.4) is 0 Å². The Hall–Kier alpha value is -1.09. The molecule has 0 bridgehead atoms. The number of benzene rings is 1. The number of nitrogens with one attached hydrogen (secondary N) is 1. The van der Waals surface area contributed by atoms with Gasteiger partial charge >= 0.3 is 0 Å². The fraction of sp³-hybridized carbons (Fsp3) is 0.667. The Labute approximate surface area is 129 Å². The fourth-order valence-corrected chi connectivity index (χ4v) is 2.52. The standard InChI is InChI=1S/C18H30FNO/c1-5-7-8-9-10-14(3)21-18-12-11-16(19)13-17(18)15(4)20-6-2/h11-15,20H,5-10H2,1-4H3. The van der Waals surface area contributed by atoms with Gasteiger partial charge in [-0.05, 0) is 51.4 Å². The molecule has 1 aromatic carbocycles. The Balaban J connectivity index is 2.64. The van der Waals surface area contributed by atoms with Crippen LogP contribution in [0, 0.1) is 5.82 Å². The van der Waals surface area contributed by atoms with Crippen LogP contribution in [0.2, 0.25) is 0 Å². The van der Waals surface area contributed by atoms with Gasteiger partial charge in [-0.3, -0.25) is 0 Å². The van der Waals surface area contributed by atoms with Gasteiger partial charge in [0.05, 0.1) is 6.10 Å². The molecule has 0 heterocycles. The molecule has 0 saturated carbocycles. The molecule has 2 unspecified atom stereocenters. The van der Waals surface area contributed by atoms with Crippen LogP contribution < -0.4 is 10.1 Å². The number of rotatable bonds is 10. The van der Waals surface area contributed by atoms with E-state index in [1.165, 1.54) is 31.7 Å². The lowest BCUT2D eigenvalue weighted by atomic mass is 10.1. The van der Waals surface area contributed by atoms with Crippen LogP contribution in [0.4, 0.5) is 4.39 Å². The minimum Gasteiger partial charge on any atom is -0.490 e. The molecule has 0 radical (unpaired) electrons. The molecule has 2 atom stereocenters. The maximum atomic E-state index is 13.5. The van der Waals surface area contributed by atoms with E-state index in [0.717, 1.165) is 24.3 Å². The fourth-order valence-electron chi connectivity index (χ4n) is 2.52. The summed E-state index contributed by atoms with van der Waals surface area (Å²) in [5.74, 6) is 0.588. The minimum absolute atomic E-state index is 0.0907. The number of hydrogen-bond donors (Lipinski definition) is 1. The van der Waals surface area contributed by atoms with Gasteiger partial charge in [-0.2, -0.15) is 0 Å². The lowest BCUT2D eigenvalue weighted by molar-refractivity contribution is 0.203. The first-order valence-electron chi connectivity index (χ1n) is 8.27. The zero-order valence-corrected chi connectivity index (χ0v) is 13.9. The molecule has 0 amide bonds. The molecule has 0 aliphatic heterocycles. The highest BCUT2D eigenvalue weighted by Gasteiger charge is 2.14. The Morgan fingerprint density at radius 1 is 1.14 bits per heavy atom. The molecule has 2 nitrogen and oxygen atoms in total. The summed E-state index contributed by atoms with van der Waals surface area (Å²) in [6, 6.07) is 4.89. The SMILES string of the molecule is CCCCCCC(C)Oc1ccc(F)cc1C(C)NCC. The van der Waals surface area contributed by atoms with E-state index in [9.17, 15) is 4.39 Å². The van der Waals surface area contributed by atoms with E-state index >= 15 is 0 Å². The van der Waals surface area contributed by atoms with E-state index in [2.05, 4.69) is 19.2 Å². The van der Waals surface area contributed by atoms with Crippen LogP contribution in [-0.4, -0.2) is 12.6 Å². The van der Waals surface area contributed by atoms with Gasteiger partial charge in [0.1, 0.15) is 11.6 Å². The van der Waals surface area contributed by atoms with Gasteiger partial charge < -0.3 is 10.1 Å². The van der Waals surface area contributed by atoms with E-state index in [1.807, 2.05) is 13.8 Å². The summed E-state index contributed by atoms with van der Waals surface area (Å²) in [5.41, 5.74) is 0.900. The van der Waals surface area contributed by atoms with Gasteiger partial charge in [0.25, 0.3) is 0 Å². The highest BCUT2D eigenvalue weighted by molar-refractivity contribution is 5.36. The van der Waals surface area contributed by atoms with Crippen molar-refractivity contribution in [1.82, 2.24) is 5.32 Å². The average Bonchev–Trinajstić information content (AvgIpc) is 2.46. The molecule has 0 fully saturated rings. The third kappa shape index (κ3) is 6.47. The van der Waals surface area contributed by atoms with E-state index in [4.69, 9.17) is 4.74 Å². The van der Waals surface area contributed by atoms with E-state index in [-0.39, 0.29) is 18.0 Å². The van der Waals surface area contributed by atoms with Gasteiger partial charge in [0.15, 0.2) is 0 Å². The van der Waals surface area contributed by atoms with Crippen LogP contribution >= 0.6 is 0 Å². The molecule has 0 aromatic heterocycles. The third-order valence-electron chi connectivity index (χ3n) is 3.74. The minimum atomic E-state index is -0.210. The molecule has 0 aliphatic carbocycles. The normalized spacial score (nSPS) is 14.0. The summed E-state index contributed by atoms with van der Waals surface area (Å²) in [6.45, 7) is 9.25. The Bertz CT molecular complexity index is 408. The summed E-state index contributed by atoms with van der Waals surface area (Å²) >= 11 is 0. The molecule has 1 rings (SSSR count). The third-order valence-corrected chi connectivity index (χ3v) is 3.74. The second-order valence-corrected chi connectivity index (χ2v) is 5.74. The van der Waals surface area contributed by atoms with Gasteiger partial charge in [0, 0.05) is 11.6 Å². The maximum absolute atomic E-state index is 13.5. The molecule has 0 spiro atoms. The van der Waals surface area contributed by atoms with Crippen LogP contribution in [0.1, 0.15) is 71.4 Å². The van der Waals surface area contributed by atoms with Gasteiger partial charge in [0.2, 0.25) is 0 Å². The quantitative estimate of drug-likeness (QED) is 0.596. The monoisotopic (exact) mass is 295 g/mol. The van der Waals surface area contributed by atoms with Crippen LogP contribution in [0.15, 0.2) is 18.2 Å². The first kappa shape index (κ1) is 18.0. The van der Waals surface area contributed by atoms with Crippen molar-refractivity contribution in [2.75, 3.05) is 6.54 Å². The van der Waals surface area contributed by atoms with E-state index in [0.29, 0.717) is 0 Å². The first-order chi connectivity index (χ1) is 10.1. The summed E-state index contributed by atoms with van der Waals surface area (Å²) in [6.07, 6.45) is 6.19. The molecule has 3 heteroatoms. The Morgan fingerprint density at radius 3 is 2.57 bits per heavy atom. The van der Waals surface area contributed by atoms with Crippen molar-refractivity contribution in [3.63, 3.8) is 0 Å². The van der Waals surface area contributed by atoms with Crippen molar-refractivity contribution in [3.05, 3.63) is 29.6 Å². The summed E-state index contributed by atoms with van der Waals surface area (Å²) < 4.78 is 19.5. The predicted octanol–water partition coefficient (Wildman–Crippen LogP) is 5.23. The second-order valence-electron chi connectivity index (χ2n) is 5.74. The second kappa shape index (κ2) is 9.78. The molecule has 0 aliphatic rings. The molecular formula is C18H30FNO. The van der Waals surface area contributed by atoms with Crippen molar-refractivity contribution in [2.45, 2.75) is 71.9 Å². The molecule has 21 heavy (non-hydrogen) atoms. The maximum Gasteiger partial charge on any atom is 0.124 e. The zero-order chi connectivity index (χ0) is 15.7. The summed E-state index contributed by atoms with van der Waals surface area (Å²) in [5, 5.41) is 3.32. The highest BCUT2D eigenvalue weighted by atomic mass is 19.1. The number of ether oxygens (including phenoxy) is 1. The summed E-state index contributed by atoms with van der Waals surface area (Å²) in [4.78, 5) is 0. The van der Waals surface area contributed by atoms with E-state index < -0.39 is 0 Å². The lowest BCUT2D eigenvalue weighted by Crippen LogP contribution is -2.20. The molecule has 1 aromatic rings. The topological polar surface area (TPSA) is 21.3 Å². The van der Waals surface area contributed by atoms with Gasteiger partial charge in [-0.1, -0.05) is 33.1 Å². The van der Waals surface area contributed by atoms with Crippen molar-refractivity contribution < 1.29 is 9.13 Å². The number of unbranched alkanes of at least 4 members (excludes halogenated alkanes) is 3. The largest absolute Gasteiger partial charge is 0.490 e.